The molecule has 0 aliphatic carbocycles. The average Bonchev–Trinajstić information content (AvgIpc) is 3.42. The van der Waals surface area contributed by atoms with Crippen molar-refractivity contribution >= 4 is 0 Å². The Morgan fingerprint density at radius 3 is 2.67 bits per heavy atom. The van der Waals surface area contributed by atoms with Crippen molar-refractivity contribution in [3.05, 3.63) is 77.3 Å². The van der Waals surface area contributed by atoms with E-state index in [0.717, 1.165) is 18.5 Å². The molecular weight excluding hydrogens is 382 g/mol. The molecule has 0 N–H and O–H groups in total. The van der Waals surface area contributed by atoms with Crippen LogP contribution in [0.15, 0.2) is 57.5 Å². The molecule has 0 bridgehead atoms. The van der Waals surface area contributed by atoms with E-state index in [-0.39, 0.29) is 6.04 Å². The molecule has 8 heteroatoms. The Balaban J connectivity index is 1.44. The largest absolute Gasteiger partial charge is 0.496 e. The fourth-order valence-corrected chi connectivity index (χ4v) is 3.86. The highest BCUT2D eigenvalue weighted by molar-refractivity contribution is 5.63. The van der Waals surface area contributed by atoms with Crippen LogP contribution >= 0.6 is 0 Å². The molecule has 1 aliphatic rings. The highest BCUT2D eigenvalue weighted by Gasteiger charge is 2.32. The third-order valence-corrected chi connectivity index (χ3v) is 5.33. The second-order valence-corrected chi connectivity index (χ2v) is 7.26. The fourth-order valence-electron chi connectivity index (χ4n) is 3.86. The van der Waals surface area contributed by atoms with Crippen LogP contribution < -0.4 is 4.74 Å². The van der Waals surface area contributed by atoms with Gasteiger partial charge in [-0.3, -0.25) is 4.90 Å². The van der Waals surface area contributed by atoms with Gasteiger partial charge in [-0.2, -0.15) is 4.98 Å². The first-order valence-electron chi connectivity index (χ1n) is 9.78. The summed E-state index contributed by atoms with van der Waals surface area (Å²) in [4.78, 5) is 6.84. The van der Waals surface area contributed by atoms with Crippen molar-refractivity contribution in [2.75, 3.05) is 7.11 Å². The minimum absolute atomic E-state index is 0.0530. The molecule has 5 rings (SSSR count). The number of methoxy groups -OCH3 is 1. The summed E-state index contributed by atoms with van der Waals surface area (Å²) in [5.74, 6) is 2.89. The summed E-state index contributed by atoms with van der Waals surface area (Å²) in [5.41, 5.74) is 3.35. The van der Waals surface area contributed by atoms with Gasteiger partial charge in [-0.1, -0.05) is 41.6 Å². The third kappa shape index (κ3) is 3.46. The predicted octanol–water partition coefficient (Wildman–Crippen LogP) is 3.74. The van der Waals surface area contributed by atoms with Crippen LogP contribution in [0, 0.1) is 6.92 Å². The van der Waals surface area contributed by atoms with Gasteiger partial charge in [0, 0.05) is 13.5 Å². The topological polar surface area (TPSA) is 90.3 Å². The normalized spacial score (nSPS) is 16.4. The fraction of sp³-hybridized carbons (Fsp3) is 0.273. The van der Waals surface area contributed by atoms with Gasteiger partial charge in [-0.05, 0) is 29.7 Å². The van der Waals surface area contributed by atoms with Crippen LogP contribution in [0.2, 0.25) is 0 Å². The lowest BCUT2D eigenvalue weighted by molar-refractivity contribution is 0.121. The second-order valence-electron chi connectivity index (χ2n) is 7.26. The van der Waals surface area contributed by atoms with Gasteiger partial charge in [0.05, 0.1) is 25.3 Å². The van der Waals surface area contributed by atoms with Crippen LogP contribution in [-0.2, 0) is 19.5 Å². The molecule has 0 saturated carbocycles. The number of hydrogen-bond acceptors (Lipinski definition) is 8. The highest BCUT2D eigenvalue weighted by atomic mass is 16.5. The molecule has 0 saturated heterocycles. The Morgan fingerprint density at radius 1 is 1.07 bits per heavy atom. The van der Waals surface area contributed by atoms with Crippen LogP contribution in [0.5, 0.6) is 5.75 Å². The van der Waals surface area contributed by atoms with Gasteiger partial charge in [-0.15, -0.1) is 10.2 Å². The van der Waals surface area contributed by atoms with E-state index < -0.39 is 0 Å². The van der Waals surface area contributed by atoms with Crippen LogP contribution in [0.4, 0.5) is 0 Å². The number of aromatic nitrogens is 4. The van der Waals surface area contributed by atoms with Gasteiger partial charge >= 0.3 is 0 Å². The Morgan fingerprint density at radius 2 is 1.87 bits per heavy atom. The van der Waals surface area contributed by atoms with Crippen LogP contribution in [0.1, 0.15) is 34.8 Å². The number of para-hydroxylation sites is 1. The van der Waals surface area contributed by atoms with Crippen molar-refractivity contribution < 1.29 is 13.7 Å². The van der Waals surface area contributed by atoms with Crippen molar-refractivity contribution in [1.82, 2.24) is 25.2 Å². The molecule has 2 aromatic carbocycles. The molecule has 0 fully saturated rings. The number of fused-ring (bicyclic) bond motifs is 1. The number of aryl methyl sites for hydroxylation is 1. The van der Waals surface area contributed by atoms with Crippen LogP contribution in [-0.4, -0.2) is 32.3 Å². The minimum atomic E-state index is -0.0530. The van der Waals surface area contributed by atoms with E-state index in [1.165, 1.54) is 11.1 Å². The molecule has 1 unspecified atom stereocenters. The number of nitrogens with zero attached hydrogens (tertiary/aromatic N) is 5. The maximum Gasteiger partial charge on any atom is 0.241 e. The molecule has 3 heterocycles. The first-order chi connectivity index (χ1) is 14.7. The molecule has 8 nitrogen and oxygen atoms in total. The van der Waals surface area contributed by atoms with Gasteiger partial charge in [0.2, 0.25) is 23.5 Å². The molecule has 0 amide bonds. The first kappa shape index (κ1) is 18.5. The molecule has 0 radical (unpaired) electrons. The lowest BCUT2D eigenvalue weighted by Crippen LogP contribution is -2.34. The van der Waals surface area contributed by atoms with Gasteiger partial charge in [0.25, 0.3) is 0 Å². The maximum atomic E-state index is 5.76. The van der Waals surface area contributed by atoms with Gasteiger partial charge in [0.15, 0.2) is 0 Å². The van der Waals surface area contributed by atoms with Gasteiger partial charge < -0.3 is 13.7 Å². The molecule has 4 aromatic rings. The van der Waals surface area contributed by atoms with E-state index >= 15 is 0 Å². The molecule has 152 valence electrons. The number of ether oxygens (including phenoxy) is 1. The zero-order valence-corrected chi connectivity index (χ0v) is 16.8. The zero-order chi connectivity index (χ0) is 20.5. The van der Waals surface area contributed by atoms with Crippen molar-refractivity contribution in [1.29, 1.82) is 0 Å². The maximum absolute atomic E-state index is 5.76. The van der Waals surface area contributed by atoms with E-state index in [0.29, 0.717) is 35.8 Å². The Kier molecular flexibility index (Phi) is 4.76. The quantitative estimate of drug-likeness (QED) is 0.498. The summed E-state index contributed by atoms with van der Waals surface area (Å²) in [6.45, 7) is 3.01. The Bertz CT molecular complexity index is 1170. The summed E-state index contributed by atoms with van der Waals surface area (Å²) in [6.07, 6.45) is 0.783. The summed E-state index contributed by atoms with van der Waals surface area (Å²) in [5, 5.41) is 12.4. The monoisotopic (exact) mass is 403 g/mol. The van der Waals surface area contributed by atoms with E-state index in [2.05, 4.69) is 49.5 Å². The summed E-state index contributed by atoms with van der Waals surface area (Å²) in [7, 11) is 1.63. The smallest absolute Gasteiger partial charge is 0.241 e. The van der Waals surface area contributed by atoms with Crippen molar-refractivity contribution in [3.8, 4) is 17.1 Å². The van der Waals surface area contributed by atoms with E-state index in [4.69, 9.17) is 13.7 Å². The number of hydrogen-bond donors (Lipinski definition) is 0. The molecule has 1 aliphatic heterocycles. The standard InChI is InChI=1S/C22H21N5O3/c1-14-24-25-22(29-14)18-11-15-7-3-4-8-16(15)12-27(18)13-20-23-21(26-30-20)17-9-5-6-10-19(17)28-2/h3-10,18H,11-13H2,1-2H3. The molecule has 1 atom stereocenters. The number of benzene rings is 2. The van der Waals surface area contributed by atoms with Gasteiger partial charge in [0.1, 0.15) is 5.75 Å². The Labute approximate surface area is 173 Å². The lowest BCUT2D eigenvalue weighted by Gasteiger charge is -2.33. The molecular formula is C22H21N5O3. The Hall–Kier alpha value is -3.52. The summed E-state index contributed by atoms with van der Waals surface area (Å²) < 4.78 is 16.8. The SMILES string of the molecule is COc1ccccc1-c1noc(CN2Cc3ccccc3CC2c2nnc(C)o2)n1. The molecule has 30 heavy (non-hydrogen) atoms. The lowest BCUT2D eigenvalue weighted by atomic mass is 9.94. The van der Waals surface area contributed by atoms with E-state index in [9.17, 15) is 0 Å². The minimum Gasteiger partial charge on any atom is -0.496 e. The predicted molar refractivity (Wildman–Crippen MR) is 107 cm³/mol. The number of rotatable bonds is 5. The van der Waals surface area contributed by atoms with Crippen LogP contribution in [0.25, 0.3) is 11.4 Å². The highest BCUT2D eigenvalue weighted by Crippen LogP contribution is 2.34. The van der Waals surface area contributed by atoms with Crippen molar-refractivity contribution in [2.45, 2.75) is 32.5 Å². The van der Waals surface area contributed by atoms with E-state index in [1.807, 2.05) is 24.3 Å². The molecule has 2 aromatic heterocycles. The summed E-state index contributed by atoms with van der Waals surface area (Å²) in [6, 6.07) is 16.0. The summed E-state index contributed by atoms with van der Waals surface area (Å²) >= 11 is 0. The van der Waals surface area contributed by atoms with Crippen LogP contribution in [0.3, 0.4) is 0 Å². The average molecular weight is 403 g/mol. The van der Waals surface area contributed by atoms with Crippen molar-refractivity contribution in [2.24, 2.45) is 0 Å². The zero-order valence-electron chi connectivity index (χ0n) is 16.8. The molecule has 0 spiro atoms. The first-order valence-corrected chi connectivity index (χ1v) is 9.78. The van der Waals surface area contributed by atoms with Crippen molar-refractivity contribution in [3.63, 3.8) is 0 Å². The second kappa shape index (κ2) is 7.72. The third-order valence-electron chi connectivity index (χ3n) is 5.33. The van der Waals surface area contributed by atoms with E-state index in [1.54, 1.807) is 14.0 Å². The van der Waals surface area contributed by atoms with Gasteiger partial charge in [-0.25, -0.2) is 0 Å².